The Bertz CT molecular complexity index is 774. The van der Waals surface area contributed by atoms with Gasteiger partial charge in [0.25, 0.3) is 5.91 Å². The topological polar surface area (TPSA) is 54.5 Å². The van der Waals surface area contributed by atoms with Gasteiger partial charge in [-0.15, -0.1) is 0 Å². The van der Waals surface area contributed by atoms with Crippen LogP contribution in [0.5, 0.6) is 0 Å². The van der Waals surface area contributed by atoms with E-state index in [0.717, 1.165) is 64.0 Å². The van der Waals surface area contributed by atoms with Crippen molar-refractivity contribution < 1.29 is 9.21 Å². The second-order valence-corrected chi connectivity index (χ2v) is 7.83. The van der Waals surface area contributed by atoms with Crippen LogP contribution in [0.4, 0.5) is 0 Å². The number of furan rings is 1. The number of amides is 1. The number of aryl methyl sites for hydroxylation is 1. The molecule has 1 atom stereocenters. The highest BCUT2D eigenvalue weighted by molar-refractivity contribution is 5.94. The van der Waals surface area contributed by atoms with Crippen LogP contribution in [0.25, 0.3) is 0 Å². The molecule has 6 nitrogen and oxygen atoms in total. The molecule has 1 fully saturated rings. The van der Waals surface area contributed by atoms with E-state index in [9.17, 15) is 4.79 Å². The van der Waals surface area contributed by atoms with Crippen molar-refractivity contribution >= 4 is 5.91 Å². The molecular formula is C21H30N4O2. The van der Waals surface area contributed by atoms with Gasteiger partial charge < -0.3 is 9.32 Å². The van der Waals surface area contributed by atoms with Gasteiger partial charge in [-0.2, -0.15) is 5.10 Å². The fourth-order valence-electron chi connectivity index (χ4n) is 4.50. The lowest BCUT2D eigenvalue weighted by Crippen LogP contribution is -2.38. The van der Waals surface area contributed by atoms with Crippen LogP contribution in [0.1, 0.15) is 60.1 Å². The molecule has 4 rings (SSSR count). The first-order valence-electron chi connectivity index (χ1n) is 10.3. The maximum atomic E-state index is 13.2. The van der Waals surface area contributed by atoms with Crippen LogP contribution in [0.15, 0.2) is 22.8 Å². The lowest BCUT2D eigenvalue weighted by atomic mass is 9.90. The van der Waals surface area contributed by atoms with E-state index in [1.165, 1.54) is 17.7 Å². The average molecular weight is 370 g/mol. The summed E-state index contributed by atoms with van der Waals surface area (Å²) in [7, 11) is 2.15. The molecule has 0 N–H and O–H groups in total. The van der Waals surface area contributed by atoms with Crippen LogP contribution in [-0.2, 0) is 25.9 Å². The van der Waals surface area contributed by atoms with E-state index in [-0.39, 0.29) is 5.91 Å². The van der Waals surface area contributed by atoms with Crippen molar-refractivity contribution in [3.8, 4) is 0 Å². The molecule has 2 aliphatic rings. The lowest BCUT2D eigenvalue weighted by molar-refractivity contribution is 0.0715. The van der Waals surface area contributed by atoms with Gasteiger partial charge in [-0.05, 0) is 64.6 Å². The smallest absolute Gasteiger partial charge is 0.274 e. The Labute approximate surface area is 161 Å². The van der Waals surface area contributed by atoms with E-state index in [4.69, 9.17) is 9.52 Å². The number of hydrogen-bond acceptors (Lipinski definition) is 4. The number of rotatable bonds is 5. The summed E-state index contributed by atoms with van der Waals surface area (Å²) in [6.45, 7) is 5.47. The number of carbonyl (C=O) groups is 1. The molecule has 0 bridgehead atoms. The summed E-state index contributed by atoms with van der Waals surface area (Å²) in [5, 5.41) is 4.74. The van der Waals surface area contributed by atoms with Crippen LogP contribution in [0.2, 0.25) is 0 Å². The zero-order valence-electron chi connectivity index (χ0n) is 16.5. The van der Waals surface area contributed by atoms with Gasteiger partial charge in [0.15, 0.2) is 5.69 Å². The molecule has 0 saturated carbocycles. The Hall–Kier alpha value is -2.08. The van der Waals surface area contributed by atoms with Crippen molar-refractivity contribution in [2.75, 3.05) is 20.1 Å². The Morgan fingerprint density at radius 3 is 2.85 bits per heavy atom. The van der Waals surface area contributed by atoms with Crippen molar-refractivity contribution in [3.63, 3.8) is 0 Å². The highest BCUT2D eigenvalue weighted by Gasteiger charge is 2.32. The number of likely N-dealkylation sites (N-methyl/N-ethyl adjacent to an activating group) is 1. The number of hydrogen-bond donors (Lipinski definition) is 0. The number of aromatic nitrogens is 2. The van der Waals surface area contributed by atoms with E-state index >= 15 is 0 Å². The zero-order valence-corrected chi connectivity index (χ0v) is 16.5. The van der Waals surface area contributed by atoms with E-state index < -0.39 is 0 Å². The third-order valence-corrected chi connectivity index (χ3v) is 6.07. The number of fused-ring (bicyclic) bond motifs is 1. The number of piperidine rings is 1. The summed E-state index contributed by atoms with van der Waals surface area (Å²) in [6, 6.07) is 4.36. The molecule has 1 saturated heterocycles. The summed E-state index contributed by atoms with van der Waals surface area (Å²) >= 11 is 0. The van der Waals surface area contributed by atoms with Crippen molar-refractivity contribution in [2.45, 2.75) is 64.6 Å². The molecule has 1 aliphatic carbocycles. The van der Waals surface area contributed by atoms with Gasteiger partial charge in [0.05, 0.1) is 12.8 Å². The van der Waals surface area contributed by atoms with E-state index in [2.05, 4.69) is 23.6 Å². The molecule has 1 amide bonds. The van der Waals surface area contributed by atoms with Gasteiger partial charge in [-0.3, -0.25) is 14.4 Å². The molecular weight excluding hydrogens is 340 g/mol. The van der Waals surface area contributed by atoms with Gasteiger partial charge in [0.1, 0.15) is 5.76 Å². The lowest BCUT2D eigenvalue weighted by Gasteiger charge is -2.31. The quantitative estimate of drug-likeness (QED) is 0.811. The minimum Gasteiger partial charge on any atom is -0.468 e. The second kappa shape index (κ2) is 7.89. The molecule has 2 aromatic rings. The normalized spacial score (nSPS) is 20.1. The van der Waals surface area contributed by atoms with Crippen LogP contribution in [0.3, 0.4) is 0 Å². The average Bonchev–Trinajstić information content (AvgIpc) is 3.35. The summed E-state index contributed by atoms with van der Waals surface area (Å²) in [5.41, 5.74) is 3.14. The first-order valence-corrected chi connectivity index (χ1v) is 10.3. The van der Waals surface area contributed by atoms with Crippen LogP contribution >= 0.6 is 0 Å². The maximum Gasteiger partial charge on any atom is 0.274 e. The van der Waals surface area contributed by atoms with Gasteiger partial charge in [0, 0.05) is 36.9 Å². The number of carbonyl (C=O) groups excluding carboxylic acids is 1. The van der Waals surface area contributed by atoms with Gasteiger partial charge in [-0.1, -0.05) is 0 Å². The largest absolute Gasteiger partial charge is 0.468 e. The van der Waals surface area contributed by atoms with Crippen LogP contribution in [0, 0.1) is 0 Å². The monoisotopic (exact) mass is 370 g/mol. The Morgan fingerprint density at radius 1 is 1.33 bits per heavy atom. The summed E-state index contributed by atoms with van der Waals surface area (Å²) in [4.78, 5) is 17.5. The first kappa shape index (κ1) is 18.3. The van der Waals surface area contributed by atoms with Crippen LogP contribution < -0.4 is 0 Å². The van der Waals surface area contributed by atoms with Crippen molar-refractivity contribution in [2.24, 2.45) is 0 Å². The molecule has 1 aliphatic heterocycles. The van der Waals surface area contributed by atoms with E-state index in [1.807, 2.05) is 17.0 Å². The molecule has 2 aromatic heterocycles. The standard InChI is InChI=1S/C21H30N4O2/c1-3-25-19-10-9-16(23(2)15-17-8-7-13-27-17)14-18(19)20(22-25)21(26)24-11-5-4-6-12-24/h7-8,13,16H,3-6,9-12,14-15H2,1-2H3. The number of likely N-dealkylation sites (tertiary alicyclic amines) is 1. The fourth-order valence-corrected chi connectivity index (χ4v) is 4.50. The summed E-state index contributed by atoms with van der Waals surface area (Å²) in [5.74, 6) is 1.12. The molecule has 0 radical (unpaired) electrons. The van der Waals surface area contributed by atoms with Crippen molar-refractivity contribution in [1.82, 2.24) is 19.6 Å². The highest BCUT2D eigenvalue weighted by atomic mass is 16.3. The van der Waals surface area contributed by atoms with Gasteiger partial charge in [0.2, 0.25) is 0 Å². The summed E-state index contributed by atoms with van der Waals surface area (Å²) < 4.78 is 7.56. The third kappa shape index (κ3) is 3.68. The van der Waals surface area contributed by atoms with Crippen molar-refractivity contribution in [3.05, 3.63) is 41.1 Å². The minimum absolute atomic E-state index is 0.132. The predicted octanol–water partition coefficient (Wildman–Crippen LogP) is 3.11. The third-order valence-electron chi connectivity index (χ3n) is 6.07. The summed E-state index contributed by atoms with van der Waals surface area (Å²) in [6.07, 6.45) is 8.13. The molecule has 27 heavy (non-hydrogen) atoms. The highest BCUT2D eigenvalue weighted by Crippen LogP contribution is 2.29. The number of nitrogens with zero attached hydrogens (tertiary/aromatic N) is 4. The zero-order chi connectivity index (χ0) is 18.8. The molecule has 1 unspecified atom stereocenters. The van der Waals surface area contributed by atoms with Crippen molar-refractivity contribution in [1.29, 1.82) is 0 Å². The van der Waals surface area contributed by atoms with Crippen LogP contribution in [-0.4, -0.2) is 51.7 Å². The Morgan fingerprint density at radius 2 is 2.15 bits per heavy atom. The fraction of sp³-hybridized carbons (Fsp3) is 0.619. The molecule has 3 heterocycles. The molecule has 6 heteroatoms. The predicted molar refractivity (Wildman–Crippen MR) is 104 cm³/mol. The Kier molecular flexibility index (Phi) is 5.34. The second-order valence-electron chi connectivity index (χ2n) is 7.83. The molecule has 0 spiro atoms. The van der Waals surface area contributed by atoms with Gasteiger partial charge in [-0.25, -0.2) is 0 Å². The minimum atomic E-state index is 0.132. The van der Waals surface area contributed by atoms with E-state index in [1.54, 1.807) is 6.26 Å². The Balaban J connectivity index is 1.55. The molecule has 0 aromatic carbocycles. The van der Waals surface area contributed by atoms with Gasteiger partial charge >= 0.3 is 0 Å². The maximum absolute atomic E-state index is 13.2. The molecule has 146 valence electrons. The first-order chi connectivity index (χ1) is 13.2. The SMILES string of the molecule is CCn1nc(C(=O)N2CCCCC2)c2c1CCC(N(C)Cc1ccco1)C2. The van der Waals surface area contributed by atoms with E-state index in [0.29, 0.717) is 11.7 Å².